The fourth-order valence-electron chi connectivity index (χ4n) is 3.98. The molecule has 1 aliphatic rings. The summed E-state index contributed by atoms with van der Waals surface area (Å²) in [6.07, 6.45) is 1.96. The third-order valence-electron chi connectivity index (χ3n) is 5.77. The maximum atomic E-state index is 14.9. The summed E-state index contributed by atoms with van der Waals surface area (Å²) in [5.41, 5.74) is 0.980. The Kier molecular flexibility index (Phi) is 7.33. The number of aromatic nitrogens is 1. The molecule has 2 aromatic carbocycles. The fourth-order valence-corrected chi connectivity index (χ4v) is 3.98. The maximum Gasteiger partial charge on any atom is 0.414 e. The lowest BCUT2D eigenvalue weighted by molar-refractivity contribution is -0.119. The minimum Gasteiger partial charge on any atom is -0.442 e. The van der Waals surface area contributed by atoms with E-state index in [0.717, 1.165) is 11.8 Å². The van der Waals surface area contributed by atoms with Gasteiger partial charge < -0.3 is 10.1 Å². The van der Waals surface area contributed by atoms with Crippen LogP contribution in [0.4, 0.5) is 23.7 Å². The van der Waals surface area contributed by atoms with Crippen LogP contribution in [-0.4, -0.2) is 36.2 Å². The van der Waals surface area contributed by atoms with E-state index in [4.69, 9.17) is 4.74 Å². The second kappa shape index (κ2) is 10.6. The largest absolute Gasteiger partial charge is 0.442 e. The molecular weight excluding hydrogens is 459 g/mol. The Morgan fingerprint density at radius 2 is 1.89 bits per heavy atom. The Balaban J connectivity index is 1.46. The zero-order valence-electron chi connectivity index (χ0n) is 19.1. The van der Waals surface area contributed by atoms with Crippen molar-refractivity contribution in [2.45, 2.75) is 32.3 Å². The van der Waals surface area contributed by atoms with Crippen molar-refractivity contribution in [1.29, 1.82) is 0 Å². The standard InChI is InChI=1S/C26H24F3N3O3/c1-16(33)31-14-20-15-32(26(34)35-20)19-9-11-21(23(27)13-19)22-10-8-17(24(28)25(22)29)5-4-7-18-6-2-3-12-30-18/h2-3,6,8-13,20H,4-5,7,14-15H2,1H3,(H,31,33)/t20-/m0/s1. The van der Waals surface area contributed by atoms with E-state index >= 15 is 0 Å². The van der Waals surface area contributed by atoms with Crippen LogP contribution in [0.1, 0.15) is 24.6 Å². The maximum absolute atomic E-state index is 14.9. The second-order valence-electron chi connectivity index (χ2n) is 8.29. The van der Waals surface area contributed by atoms with E-state index in [1.807, 2.05) is 18.2 Å². The van der Waals surface area contributed by atoms with Crippen LogP contribution in [0.5, 0.6) is 0 Å². The van der Waals surface area contributed by atoms with E-state index in [0.29, 0.717) is 19.3 Å². The molecule has 0 unspecified atom stereocenters. The lowest BCUT2D eigenvalue weighted by Crippen LogP contribution is -2.33. The summed E-state index contributed by atoms with van der Waals surface area (Å²) in [5, 5.41) is 2.56. The third kappa shape index (κ3) is 5.62. The van der Waals surface area contributed by atoms with Crippen LogP contribution in [0.3, 0.4) is 0 Å². The first-order valence-corrected chi connectivity index (χ1v) is 11.2. The molecule has 0 radical (unpaired) electrons. The number of nitrogens with one attached hydrogen (secondary N) is 1. The molecule has 3 aromatic rings. The third-order valence-corrected chi connectivity index (χ3v) is 5.77. The smallest absolute Gasteiger partial charge is 0.414 e. The van der Waals surface area contributed by atoms with Crippen LogP contribution < -0.4 is 10.2 Å². The lowest BCUT2D eigenvalue weighted by Gasteiger charge is -2.15. The Morgan fingerprint density at radius 1 is 1.09 bits per heavy atom. The molecule has 1 atom stereocenters. The van der Waals surface area contributed by atoms with Crippen molar-refractivity contribution >= 4 is 17.7 Å². The molecule has 1 N–H and O–H groups in total. The molecule has 1 fully saturated rings. The highest BCUT2D eigenvalue weighted by atomic mass is 19.2. The number of hydrogen-bond donors (Lipinski definition) is 1. The van der Waals surface area contributed by atoms with Crippen LogP contribution >= 0.6 is 0 Å². The molecule has 2 amide bonds. The molecule has 6 nitrogen and oxygen atoms in total. The first-order valence-electron chi connectivity index (χ1n) is 11.2. The number of nitrogens with zero attached hydrogens (tertiary/aromatic N) is 2. The SMILES string of the molecule is CC(=O)NC[C@H]1CN(c2ccc(-c3ccc(CCCc4ccccn4)c(F)c3F)c(F)c2)C(=O)O1. The summed E-state index contributed by atoms with van der Waals surface area (Å²) in [6, 6.07) is 12.2. The first-order chi connectivity index (χ1) is 16.8. The highest BCUT2D eigenvalue weighted by Gasteiger charge is 2.33. The molecule has 182 valence electrons. The molecule has 0 aliphatic carbocycles. The quantitative estimate of drug-likeness (QED) is 0.500. The van der Waals surface area contributed by atoms with Gasteiger partial charge in [0.15, 0.2) is 11.6 Å². The Morgan fingerprint density at radius 3 is 2.60 bits per heavy atom. The number of benzene rings is 2. The summed E-state index contributed by atoms with van der Waals surface area (Å²) < 4.78 is 49.7. The van der Waals surface area contributed by atoms with Gasteiger partial charge in [-0.05, 0) is 55.2 Å². The van der Waals surface area contributed by atoms with E-state index in [2.05, 4.69) is 10.3 Å². The molecule has 9 heteroatoms. The van der Waals surface area contributed by atoms with Gasteiger partial charge in [0.25, 0.3) is 0 Å². The van der Waals surface area contributed by atoms with Gasteiger partial charge in [-0.3, -0.25) is 14.7 Å². The monoisotopic (exact) mass is 483 g/mol. The summed E-state index contributed by atoms with van der Waals surface area (Å²) in [4.78, 5) is 28.7. The molecule has 1 aromatic heterocycles. The number of anilines is 1. The van der Waals surface area contributed by atoms with Crippen molar-refractivity contribution in [1.82, 2.24) is 10.3 Å². The number of amides is 2. The van der Waals surface area contributed by atoms with E-state index in [1.165, 1.54) is 36.1 Å². The number of ether oxygens (including phenoxy) is 1. The van der Waals surface area contributed by atoms with Crippen LogP contribution in [0.25, 0.3) is 11.1 Å². The minimum absolute atomic E-state index is 0.118. The highest BCUT2D eigenvalue weighted by Crippen LogP contribution is 2.32. The highest BCUT2D eigenvalue weighted by molar-refractivity contribution is 5.90. The summed E-state index contributed by atoms with van der Waals surface area (Å²) in [7, 11) is 0. The number of hydrogen-bond acceptors (Lipinski definition) is 4. The fraction of sp³-hybridized carbons (Fsp3) is 0.269. The van der Waals surface area contributed by atoms with Crippen molar-refractivity contribution < 1.29 is 27.5 Å². The molecule has 1 saturated heterocycles. The molecular formula is C26H24F3N3O3. The second-order valence-corrected chi connectivity index (χ2v) is 8.29. The van der Waals surface area contributed by atoms with Gasteiger partial charge in [0, 0.05) is 29.9 Å². The lowest BCUT2D eigenvalue weighted by atomic mass is 9.99. The normalized spacial score (nSPS) is 15.3. The zero-order valence-corrected chi connectivity index (χ0v) is 19.1. The number of aryl methyl sites for hydroxylation is 2. The average Bonchev–Trinajstić information content (AvgIpc) is 3.22. The molecule has 0 spiro atoms. The van der Waals surface area contributed by atoms with E-state index in [-0.39, 0.29) is 41.4 Å². The Labute approximate surface area is 200 Å². The van der Waals surface area contributed by atoms with Crippen LogP contribution in [-0.2, 0) is 22.4 Å². The first kappa shape index (κ1) is 24.3. The van der Waals surface area contributed by atoms with E-state index in [9.17, 15) is 22.8 Å². The predicted molar refractivity (Wildman–Crippen MR) is 124 cm³/mol. The van der Waals surface area contributed by atoms with Crippen molar-refractivity contribution in [3.8, 4) is 11.1 Å². The number of rotatable bonds is 8. The predicted octanol–water partition coefficient (Wildman–Crippen LogP) is 4.80. The van der Waals surface area contributed by atoms with Gasteiger partial charge >= 0.3 is 6.09 Å². The zero-order chi connectivity index (χ0) is 24.9. The summed E-state index contributed by atoms with van der Waals surface area (Å²) >= 11 is 0. The Bertz CT molecular complexity index is 1240. The van der Waals surface area contributed by atoms with Gasteiger partial charge in [-0.1, -0.05) is 18.2 Å². The van der Waals surface area contributed by atoms with Crippen molar-refractivity contribution in [3.63, 3.8) is 0 Å². The number of carbonyl (C=O) groups excluding carboxylic acids is 2. The molecule has 4 rings (SSSR count). The molecule has 0 bridgehead atoms. The number of pyridine rings is 1. The van der Waals surface area contributed by atoms with Gasteiger partial charge in [-0.2, -0.15) is 0 Å². The minimum atomic E-state index is -1.12. The van der Waals surface area contributed by atoms with Crippen molar-refractivity contribution in [2.24, 2.45) is 0 Å². The molecule has 35 heavy (non-hydrogen) atoms. The van der Waals surface area contributed by atoms with Crippen molar-refractivity contribution in [3.05, 3.63) is 83.4 Å². The average molecular weight is 483 g/mol. The van der Waals surface area contributed by atoms with Gasteiger partial charge in [0.05, 0.1) is 18.8 Å². The number of carbonyl (C=O) groups is 2. The number of cyclic esters (lactones) is 1. The topological polar surface area (TPSA) is 71.5 Å². The van der Waals surface area contributed by atoms with Crippen LogP contribution in [0, 0.1) is 17.5 Å². The summed E-state index contributed by atoms with van der Waals surface area (Å²) in [5.74, 6) is -3.19. The van der Waals surface area contributed by atoms with Gasteiger partial charge in [-0.25, -0.2) is 18.0 Å². The van der Waals surface area contributed by atoms with E-state index < -0.39 is 29.6 Å². The summed E-state index contributed by atoms with van der Waals surface area (Å²) in [6.45, 7) is 1.60. The van der Waals surface area contributed by atoms with Gasteiger partial charge in [0.1, 0.15) is 11.9 Å². The van der Waals surface area contributed by atoms with Gasteiger partial charge in [0.2, 0.25) is 5.91 Å². The Hall–Kier alpha value is -3.88. The van der Waals surface area contributed by atoms with Crippen LogP contribution in [0.2, 0.25) is 0 Å². The van der Waals surface area contributed by atoms with Crippen molar-refractivity contribution in [2.75, 3.05) is 18.0 Å². The van der Waals surface area contributed by atoms with Gasteiger partial charge in [-0.15, -0.1) is 0 Å². The van der Waals surface area contributed by atoms with Crippen LogP contribution in [0.15, 0.2) is 54.7 Å². The molecule has 2 heterocycles. The molecule has 0 saturated carbocycles. The molecule has 1 aliphatic heterocycles. The number of halogens is 3. The van der Waals surface area contributed by atoms with E-state index in [1.54, 1.807) is 6.20 Å².